The molecule has 0 fully saturated rings. The molecule has 0 atom stereocenters. The first-order chi connectivity index (χ1) is 13.1. The van der Waals surface area contributed by atoms with Crippen molar-refractivity contribution in [2.24, 2.45) is 0 Å². The van der Waals surface area contributed by atoms with E-state index in [4.69, 9.17) is 21.6 Å². The van der Waals surface area contributed by atoms with E-state index in [-0.39, 0.29) is 12.5 Å². The van der Waals surface area contributed by atoms with Crippen molar-refractivity contribution in [3.8, 4) is 11.8 Å². The molecule has 0 saturated heterocycles. The van der Waals surface area contributed by atoms with Crippen LogP contribution in [0.5, 0.6) is 5.75 Å². The van der Waals surface area contributed by atoms with Gasteiger partial charge in [-0.25, -0.2) is 0 Å². The van der Waals surface area contributed by atoms with Crippen LogP contribution in [-0.2, 0) is 4.79 Å². The minimum absolute atomic E-state index is 0.119. The van der Waals surface area contributed by atoms with Gasteiger partial charge in [0.15, 0.2) is 6.61 Å². The van der Waals surface area contributed by atoms with Crippen molar-refractivity contribution in [1.29, 1.82) is 5.26 Å². The zero-order valence-corrected chi connectivity index (χ0v) is 15.8. The molecule has 27 heavy (non-hydrogen) atoms. The van der Waals surface area contributed by atoms with E-state index in [0.717, 1.165) is 9.79 Å². The number of carbonyl (C=O) groups is 1. The van der Waals surface area contributed by atoms with Crippen molar-refractivity contribution >= 4 is 35.0 Å². The number of carbonyl (C=O) groups excluding carboxylic acids is 1. The highest BCUT2D eigenvalue weighted by atomic mass is 35.5. The van der Waals surface area contributed by atoms with Gasteiger partial charge < -0.3 is 10.1 Å². The number of hydrogen-bond donors (Lipinski definition) is 1. The van der Waals surface area contributed by atoms with Crippen LogP contribution in [0.25, 0.3) is 0 Å². The lowest BCUT2D eigenvalue weighted by Gasteiger charge is -2.11. The predicted octanol–water partition coefficient (Wildman–Crippen LogP) is 5.38. The molecule has 6 heteroatoms. The van der Waals surface area contributed by atoms with E-state index >= 15 is 0 Å². The molecule has 3 aromatic carbocycles. The fourth-order valence-electron chi connectivity index (χ4n) is 2.25. The first kappa shape index (κ1) is 18.8. The Morgan fingerprint density at radius 2 is 1.74 bits per heavy atom. The highest BCUT2D eigenvalue weighted by molar-refractivity contribution is 7.99. The van der Waals surface area contributed by atoms with Crippen LogP contribution in [0, 0.1) is 11.3 Å². The Morgan fingerprint density at radius 1 is 1.04 bits per heavy atom. The molecule has 0 spiro atoms. The maximum atomic E-state index is 12.2. The normalized spacial score (nSPS) is 10.1. The fourth-order valence-corrected chi connectivity index (χ4v) is 3.28. The van der Waals surface area contributed by atoms with Crippen molar-refractivity contribution in [2.45, 2.75) is 9.79 Å². The van der Waals surface area contributed by atoms with Crippen LogP contribution < -0.4 is 10.1 Å². The lowest BCUT2D eigenvalue weighted by atomic mass is 10.2. The van der Waals surface area contributed by atoms with Gasteiger partial charge >= 0.3 is 0 Å². The van der Waals surface area contributed by atoms with Gasteiger partial charge in [0.1, 0.15) is 5.75 Å². The summed E-state index contributed by atoms with van der Waals surface area (Å²) in [5, 5.41) is 12.3. The zero-order chi connectivity index (χ0) is 19.1. The molecule has 4 nitrogen and oxygen atoms in total. The SMILES string of the molecule is N#Cc1ccc(OCC(=O)Nc2ccccc2Sc2ccc(Cl)cc2)cc1. The summed E-state index contributed by atoms with van der Waals surface area (Å²) in [7, 11) is 0. The summed E-state index contributed by atoms with van der Waals surface area (Å²) in [6.07, 6.45) is 0. The monoisotopic (exact) mass is 394 g/mol. The number of halogens is 1. The number of nitrogens with one attached hydrogen (secondary N) is 1. The van der Waals surface area contributed by atoms with Crippen molar-refractivity contribution in [1.82, 2.24) is 0 Å². The van der Waals surface area contributed by atoms with E-state index in [2.05, 4.69) is 5.32 Å². The number of para-hydroxylation sites is 1. The highest BCUT2D eigenvalue weighted by Gasteiger charge is 2.09. The summed E-state index contributed by atoms with van der Waals surface area (Å²) in [6, 6.07) is 23.7. The highest BCUT2D eigenvalue weighted by Crippen LogP contribution is 2.33. The average Bonchev–Trinajstić information content (AvgIpc) is 2.70. The van der Waals surface area contributed by atoms with Gasteiger partial charge in [0.2, 0.25) is 0 Å². The molecular formula is C21H15ClN2O2S. The predicted molar refractivity (Wildman–Crippen MR) is 107 cm³/mol. The van der Waals surface area contributed by atoms with E-state index in [1.54, 1.807) is 24.3 Å². The van der Waals surface area contributed by atoms with Crippen molar-refractivity contribution in [3.05, 3.63) is 83.4 Å². The Kier molecular flexibility index (Phi) is 6.37. The molecule has 1 amide bonds. The number of nitriles is 1. The molecule has 0 unspecified atom stereocenters. The minimum Gasteiger partial charge on any atom is -0.484 e. The summed E-state index contributed by atoms with van der Waals surface area (Å²) in [6.45, 7) is -0.119. The molecule has 0 bridgehead atoms. The maximum absolute atomic E-state index is 12.2. The quantitative estimate of drug-likeness (QED) is 0.609. The molecule has 0 aliphatic heterocycles. The van der Waals surface area contributed by atoms with E-state index in [1.165, 1.54) is 11.8 Å². The van der Waals surface area contributed by atoms with Crippen molar-refractivity contribution in [3.63, 3.8) is 0 Å². The Bertz CT molecular complexity index is 967. The number of anilines is 1. The number of hydrogen-bond acceptors (Lipinski definition) is 4. The van der Waals surface area contributed by atoms with E-state index < -0.39 is 0 Å². The van der Waals surface area contributed by atoms with Crippen LogP contribution in [-0.4, -0.2) is 12.5 Å². The Labute approximate surface area is 166 Å². The number of benzene rings is 3. The molecule has 3 aromatic rings. The zero-order valence-electron chi connectivity index (χ0n) is 14.2. The van der Waals surface area contributed by atoms with Crippen LogP contribution in [0.1, 0.15) is 5.56 Å². The summed E-state index contributed by atoms with van der Waals surface area (Å²) < 4.78 is 5.47. The van der Waals surface area contributed by atoms with Crippen LogP contribution in [0.3, 0.4) is 0 Å². The van der Waals surface area contributed by atoms with Gasteiger partial charge in [-0.05, 0) is 60.7 Å². The topological polar surface area (TPSA) is 62.1 Å². The molecule has 134 valence electrons. The fraction of sp³-hybridized carbons (Fsp3) is 0.0476. The molecular weight excluding hydrogens is 380 g/mol. The third kappa shape index (κ3) is 5.52. The van der Waals surface area contributed by atoms with Crippen molar-refractivity contribution < 1.29 is 9.53 Å². The molecule has 0 aliphatic carbocycles. The first-order valence-electron chi connectivity index (χ1n) is 8.09. The van der Waals surface area contributed by atoms with Gasteiger partial charge in [0.05, 0.1) is 17.3 Å². The summed E-state index contributed by atoms with van der Waals surface area (Å²) in [4.78, 5) is 14.2. The maximum Gasteiger partial charge on any atom is 0.262 e. The first-order valence-corrected chi connectivity index (χ1v) is 9.29. The van der Waals surface area contributed by atoms with Crippen LogP contribution in [0.15, 0.2) is 82.6 Å². The van der Waals surface area contributed by atoms with Crippen molar-refractivity contribution in [2.75, 3.05) is 11.9 Å². The molecule has 0 aromatic heterocycles. The molecule has 0 aliphatic rings. The minimum atomic E-state index is -0.261. The molecule has 0 heterocycles. The molecule has 0 saturated carbocycles. The lowest BCUT2D eigenvalue weighted by molar-refractivity contribution is -0.118. The number of nitrogens with zero attached hydrogens (tertiary/aromatic N) is 1. The third-order valence-corrected chi connectivity index (χ3v) is 4.89. The van der Waals surface area contributed by atoms with Gasteiger partial charge in [-0.3, -0.25) is 4.79 Å². The second kappa shape index (κ2) is 9.13. The molecule has 3 rings (SSSR count). The number of ether oxygens (including phenoxy) is 1. The average molecular weight is 395 g/mol. The molecule has 0 radical (unpaired) electrons. The second-order valence-corrected chi connectivity index (χ2v) is 7.08. The van der Waals surface area contributed by atoms with Gasteiger partial charge in [-0.2, -0.15) is 5.26 Å². The number of amides is 1. The van der Waals surface area contributed by atoms with Crippen LogP contribution in [0.4, 0.5) is 5.69 Å². The standard InChI is InChI=1S/C21H15ClN2O2S/c22-16-7-11-18(12-8-16)27-20-4-2-1-3-19(20)24-21(25)14-26-17-9-5-15(13-23)6-10-17/h1-12H,14H2,(H,24,25). The Morgan fingerprint density at radius 3 is 2.44 bits per heavy atom. The van der Waals surface area contributed by atoms with E-state index in [1.807, 2.05) is 54.6 Å². The van der Waals surface area contributed by atoms with Gasteiger partial charge in [-0.15, -0.1) is 0 Å². The Hall–Kier alpha value is -2.94. The molecule has 1 N–H and O–H groups in total. The summed E-state index contributed by atoms with van der Waals surface area (Å²) in [5.74, 6) is 0.275. The van der Waals surface area contributed by atoms with E-state index in [9.17, 15) is 4.79 Å². The van der Waals surface area contributed by atoms with Gasteiger partial charge in [0, 0.05) is 14.8 Å². The largest absolute Gasteiger partial charge is 0.484 e. The van der Waals surface area contributed by atoms with Gasteiger partial charge in [-0.1, -0.05) is 35.5 Å². The summed E-state index contributed by atoms with van der Waals surface area (Å²) in [5.41, 5.74) is 1.26. The lowest BCUT2D eigenvalue weighted by Crippen LogP contribution is -2.20. The van der Waals surface area contributed by atoms with Gasteiger partial charge in [0.25, 0.3) is 5.91 Å². The third-order valence-electron chi connectivity index (χ3n) is 3.56. The summed E-state index contributed by atoms with van der Waals surface area (Å²) >= 11 is 7.46. The van der Waals surface area contributed by atoms with Crippen LogP contribution >= 0.6 is 23.4 Å². The number of rotatable bonds is 6. The van der Waals surface area contributed by atoms with E-state index in [0.29, 0.717) is 22.0 Å². The van der Waals surface area contributed by atoms with Crippen LogP contribution in [0.2, 0.25) is 5.02 Å². The Balaban J connectivity index is 1.62. The second-order valence-electron chi connectivity index (χ2n) is 5.53. The smallest absolute Gasteiger partial charge is 0.262 e.